The Morgan fingerprint density at radius 3 is 2.52 bits per heavy atom. The van der Waals surface area contributed by atoms with E-state index in [1.165, 1.54) is 4.90 Å². The highest BCUT2D eigenvalue weighted by molar-refractivity contribution is 5.65. The zero-order valence-corrected chi connectivity index (χ0v) is 13.2. The van der Waals surface area contributed by atoms with E-state index < -0.39 is 6.09 Å². The molecular formula is C15H24N4O2. The average Bonchev–Trinajstić information content (AvgIpc) is 2.46. The van der Waals surface area contributed by atoms with E-state index in [1.54, 1.807) is 13.2 Å². The third kappa shape index (κ3) is 3.62. The molecule has 2 heterocycles. The van der Waals surface area contributed by atoms with Crippen LogP contribution in [-0.2, 0) is 5.41 Å². The van der Waals surface area contributed by atoms with Crippen LogP contribution in [0, 0.1) is 0 Å². The topological polar surface area (TPSA) is 69.6 Å². The Morgan fingerprint density at radius 2 is 2.00 bits per heavy atom. The first-order chi connectivity index (χ1) is 9.79. The molecule has 1 N–H and O–H groups in total. The molecule has 1 aromatic heterocycles. The van der Waals surface area contributed by atoms with Crippen LogP contribution in [0.25, 0.3) is 0 Å². The third-order valence-corrected chi connectivity index (χ3v) is 3.95. The van der Waals surface area contributed by atoms with Crippen molar-refractivity contribution in [3.8, 4) is 0 Å². The fourth-order valence-corrected chi connectivity index (χ4v) is 2.53. The molecule has 1 aliphatic heterocycles. The van der Waals surface area contributed by atoms with Crippen LogP contribution < -0.4 is 4.90 Å². The summed E-state index contributed by atoms with van der Waals surface area (Å²) in [6.07, 6.45) is 2.61. The molecule has 0 aromatic carbocycles. The standard InChI is InChI=1S/C15H24N4O2/c1-15(2,3)13-16-8-5-12(17-13)19-9-6-11(7-10-19)18(4)14(20)21/h5,8,11H,6-7,9-10H2,1-4H3,(H,20,21). The molecule has 0 radical (unpaired) electrons. The van der Waals surface area contributed by atoms with E-state index in [4.69, 9.17) is 5.11 Å². The molecular weight excluding hydrogens is 268 g/mol. The van der Waals surface area contributed by atoms with Gasteiger partial charge in [-0.1, -0.05) is 20.8 Å². The summed E-state index contributed by atoms with van der Waals surface area (Å²) < 4.78 is 0. The van der Waals surface area contributed by atoms with Gasteiger partial charge in [0.25, 0.3) is 0 Å². The van der Waals surface area contributed by atoms with Gasteiger partial charge in [0.1, 0.15) is 11.6 Å². The van der Waals surface area contributed by atoms with Crippen molar-refractivity contribution in [2.24, 2.45) is 0 Å². The first kappa shape index (κ1) is 15.5. The number of hydrogen-bond donors (Lipinski definition) is 1. The number of anilines is 1. The number of piperidine rings is 1. The van der Waals surface area contributed by atoms with Gasteiger partial charge in [-0.15, -0.1) is 0 Å². The van der Waals surface area contributed by atoms with E-state index in [1.807, 2.05) is 6.07 Å². The number of rotatable bonds is 2. The molecule has 1 aromatic rings. The molecule has 2 rings (SSSR count). The van der Waals surface area contributed by atoms with Gasteiger partial charge in [0.2, 0.25) is 0 Å². The van der Waals surface area contributed by atoms with Gasteiger partial charge in [0.05, 0.1) is 0 Å². The smallest absolute Gasteiger partial charge is 0.407 e. The lowest BCUT2D eigenvalue weighted by Gasteiger charge is -2.36. The maximum atomic E-state index is 11.0. The lowest BCUT2D eigenvalue weighted by molar-refractivity contribution is 0.131. The first-order valence-corrected chi connectivity index (χ1v) is 7.33. The van der Waals surface area contributed by atoms with Crippen LogP contribution in [0.15, 0.2) is 12.3 Å². The van der Waals surface area contributed by atoms with Crippen molar-refractivity contribution in [2.75, 3.05) is 25.0 Å². The maximum absolute atomic E-state index is 11.0. The quantitative estimate of drug-likeness (QED) is 0.906. The number of nitrogens with zero attached hydrogens (tertiary/aromatic N) is 4. The molecule has 6 heteroatoms. The Balaban J connectivity index is 2.04. The SMILES string of the molecule is CN(C(=O)O)C1CCN(c2ccnc(C(C)(C)C)n2)CC1. The highest BCUT2D eigenvalue weighted by Gasteiger charge is 2.26. The largest absolute Gasteiger partial charge is 0.465 e. The van der Waals surface area contributed by atoms with E-state index in [9.17, 15) is 4.79 Å². The fraction of sp³-hybridized carbons (Fsp3) is 0.667. The van der Waals surface area contributed by atoms with Crippen molar-refractivity contribution in [3.05, 3.63) is 18.1 Å². The van der Waals surface area contributed by atoms with Gasteiger partial charge in [-0.25, -0.2) is 14.8 Å². The monoisotopic (exact) mass is 292 g/mol. The van der Waals surface area contributed by atoms with Crippen molar-refractivity contribution in [1.82, 2.24) is 14.9 Å². The number of amides is 1. The summed E-state index contributed by atoms with van der Waals surface area (Å²) in [4.78, 5) is 23.6. The average molecular weight is 292 g/mol. The van der Waals surface area contributed by atoms with Crippen LogP contribution >= 0.6 is 0 Å². The Bertz CT molecular complexity index is 505. The molecule has 0 atom stereocenters. The minimum Gasteiger partial charge on any atom is -0.465 e. The van der Waals surface area contributed by atoms with Crippen molar-refractivity contribution in [3.63, 3.8) is 0 Å². The molecule has 1 amide bonds. The summed E-state index contributed by atoms with van der Waals surface area (Å²) in [5.41, 5.74) is -0.0716. The lowest BCUT2D eigenvalue weighted by atomic mass is 9.96. The first-order valence-electron chi connectivity index (χ1n) is 7.33. The second kappa shape index (κ2) is 5.87. The van der Waals surface area contributed by atoms with Crippen molar-refractivity contribution in [1.29, 1.82) is 0 Å². The zero-order valence-electron chi connectivity index (χ0n) is 13.2. The lowest BCUT2D eigenvalue weighted by Crippen LogP contribution is -2.45. The molecule has 1 fully saturated rings. The van der Waals surface area contributed by atoms with Crippen molar-refractivity contribution in [2.45, 2.75) is 45.1 Å². The molecule has 0 unspecified atom stereocenters. The van der Waals surface area contributed by atoms with E-state index in [-0.39, 0.29) is 11.5 Å². The molecule has 1 aliphatic rings. The van der Waals surface area contributed by atoms with E-state index in [0.29, 0.717) is 0 Å². The number of aromatic nitrogens is 2. The predicted octanol–water partition coefficient (Wildman–Crippen LogP) is 2.35. The molecule has 0 spiro atoms. The van der Waals surface area contributed by atoms with Crippen molar-refractivity contribution < 1.29 is 9.90 Å². The molecule has 116 valence electrons. The van der Waals surface area contributed by atoms with Crippen LogP contribution in [-0.4, -0.2) is 52.2 Å². The number of carboxylic acid groups (broad SMARTS) is 1. The van der Waals surface area contributed by atoms with Gasteiger partial charge in [0.15, 0.2) is 0 Å². The van der Waals surface area contributed by atoms with Gasteiger partial charge < -0.3 is 14.9 Å². The molecule has 21 heavy (non-hydrogen) atoms. The van der Waals surface area contributed by atoms with Gasteiger partial charge >= 0.3 is 6.09 Å². The maximum Gasteiger partial charge on any atom is 0.407 e. The summed E-state index contributed by atoms with van der Waals surface area (Å²) in [7, 11) is 1.64. The highest BCUT2D eigenvalue weighted by Crippen LogP contribution is 2.23. The number of hydrogen-bond acceptors (Lipinski definition) is 4. The van der Waals surface area contributed by atoms with E-state index >= 15 is 0 Å². The van der Waals surface area contributed by atoms with E-state index in [0.717, 1.165) is 37.6 Å². The second-order valence-electron chi connectivity index (χ2n) is 6.60. The summed E-state index contributed by atoms with van der Waals surface area (Å²) in [5, 5.41) is 9.03. The normalized spacial score (nSPS) is 16.9. The van der Waals surface area contributed by atoms with Crippen LogP contribution in [0.4, 0.5) is 10.6 Å². The van der Waals surface area contributed by atoms with Crippen molar-refractivity contribution >= 4 is 11.9 Å². The second-order valence-corrected chi connectivity index (χ2v) is 6.60. The summed E-state index contributed by atoms with van der Waals surface area (Å²) >= 11 is 0. The Labute approximate surface area is 125 Å². The Hall–Kier alpha value is -1.85. The summed E-state index contributed by atoms with van der Waals surface area (Å²) in [6.45, 7) is 7.94. The van der Waals surface area contributed by atoms with Gasteiger partial charge in [-0.2, -0.15) is 0 Å². The molecule has 0 aliphatic carbocycles. The molecule has 0 bridgehead atoms. The van der Waals surface area contributed by atoms with E-state index in [2.05, 4.69) is 35.6 Å². The van der Waals surface area contributed by atoms with Crippen LogP contribution in [0.3, 0.4) is 0 Å². The van der Waals surface area contributed by atoms with Crippen LogP contribution in [0.1, 0.15) is 39.4 Å². The third-order valence-electron chi connectivity index (χ3n) is 3.95. The minimum absolute atomic E-state index is 0.0716. The van der Waals surface area contributed by atoms with Gasteiger partial charge in [-0.05, 0) is 18.9 Å². The minimum atomic E-state index is -0.856. The molecule has 1 saturated heterocycles. The summed E-state index contributed by atoms with van der Waals surface area (Å²) in [6, 6.07) is 2.03. The van der Waals surface area contributed by atoms with Crippen LogP contribution in [0.2, 0.25) is 0 Å². The highest BCUT2D eigenvalue weighted by atomic mass is 16.4. The van der Waals surface area contributed by atoms with Crippen LogP contribution in [0.5, 0.6) is 0 Å². The Morgan fingerprint density at radius 1 is 1.38 bits per heavy atom. The van der Waals surface area contributed by atoms with Gasteiger partial charge in [0, 0.05) is 37.8 Å². The molecule has 6 nitrogen and oxygen atoms in total. The predicted molar refractivity (Wildman–Crippen MR) is 81.8 cm³/mol. The summed E-state index contributed by atoms with van der Waals surface area (Å²) in [5.74, 6) is 1.77. The van der Waals surface area contributed by atoms with Gasteiger partial charge in [-0.3, -0.25) is 0 Å². The molecule has 0 saturated carbocycles. The zero-order chi connectivity index (χ0) is 15.6. The Kier molecular flexibility index (Phi) is 4.34. The fourth-order valence-electron chi connectivity index (χ4n) is 2.53. The number of carbonyl (C=O) groups is 1.